The molecule has 1 fully saturated rings. The van der Waals surface area contributed by atoms with Crippen molar-refractivity contribution in [2.75, 3.05) is 19.6 Å². The molecule has 0 amide bonds. The summed E-state index contributed by atoms with van der Waals surface area (Å²) in [4.78, 5) is 14.1. The van der Waals surface area contributed by atoms with Crippen molar-refractivity contribution in [3.63, 3.8) is 0 Å². The third-order valence-electron chi connectivity index (χ3n) is 3.71. The molecule has 1 aromatic carbocycles. The van der Waals surface area contributed by atoms with Crippen molar-refractivity contribution in [2.45, 2.75) is 32.3 Å². The van der Waals surface area contributed by atoms with E-state index in [4.69, 9.17) is 0 Å². The first-order valence-corrected chi connectivity index (χ1v) is 6.76. The second kappa shape index (κ2) is 6.26. The van der Waals surface area contributed by atoms with E-state index < -0.39 is 0 Å². The summed E-state index contributed by atoms with van der Waals surface area (Å²) in [5, 5.41) is 9.40. The number of aliphatic hydroxyl groups is 1. The minimum absolute atomic E-state index is 0.0231. The van der Waals surface area contributed by atoms with Gasteiger partial charge in [0.15, 0.2) is 5.78 Å². The molecule has 0 atom stereocenters. The molecule has 0 spiro atoms. The molecule has 0 aliphatic carbocycles. The highest BCUT2D eigenvalue weighted by Crippen LogP contribution is 2.13. The van der Waals surface area contributed by atoms with Crippen molar-refractivity contribution in [2.24, 2.45) is 0 Å². The predicted molar refractivity (Wildman–Crippen MR) is 71.8 cm³/mol. The lowest BCUT2D eigenvalue weighted by molar-refractivity contribution is 0.0778. The fourth-order valence-electron chi connectivity index (χ4n) is 2.31. The van der Waals surface area contributed by atoms with Crippen LogP contribution in [0, 0.1) is 12.7 Å². The van der Waals surface area contributed by atoms with E-state index in [2.05, 4.69) is 4.90 Å². The van der Waals surface area contributed by atoms with Crippen molar-refractivity contribution in [1.29, 1.82) is 0 Å². The SMILES string of the molecule is Cc1ccc(C(=O)CCN2CCC(O)CC2)cc1F. The normalized spacial score (nSPS) is 17.6. The third kappa shape index (κ3) is 3.85. The zero-order valence-corrected chi connectivity index (χ0v) is 11.2. The van der Waals surface area contributed by atoms with Gasteiger partial charge in [-0.15, -0.1) is 0 Å². The summed E-state index contributed by atoms with van der Waals surface area (Å²) in [6.07, 6.45) is 1.75. The maximum atomic E-state index is 13.4. The molecule has 0 aromatic heterocycles. The topological polar surface area (TPSA) is 40.5 Å². The Morgan fingerprint density at radius 2 is 2.11 bits per heavy atom. The molecule has 0 bridgehead atoms. The minimum atomic E-state index is -0.327. The van der Waals surface area contributed by atoms with Gasteiger partial charge in [-0.05, 0) is 31.4 Å². The van der Waals surface area contributed by atoms with Crippen LogP contribution < -0.4 is 0 Å². The lowest BCUT2D eigenvalue weighted by Crippen LogP contribution is -2.37. The van der Waals surface area contributed by atoms with Crippen molar-refractivity contribution in [1.82, 2.24) is 4.90 Å². The third-order valence-corrected chi connectivity index (χ3v) is 3.71. The monoisotopic (exact) mass is 265 g/mol. The summed E-state index contributed by atoms with van der Waals surface area (Å²) in [5.74, 6) is -0.350. The summed E-state index contributed by atoms with van der Waals surface area (Å²) in [6, 6.07) is 4.64. The van der Waals surface area contributed by atoms with Crippen LogP contribution in [-0.2, 0) is 0 Å². The van der Waals surface area contributed by atoms with Gasteiger partial charge in [-0.25, -0.2) is 4.39 Å². The molecule has 1 aliphatic heterocycles. The number of rotatable bonds is 4. The van der Waals surface area contributed by atoms with Crippen LogP contribution in [0.5, 0.6) is 0 Å². The number of aryl methyl sites for hydroxylation is 1. The van der Waals surface area contributed by atoms with Gasteiger partial charge in [0.2, 0.25) is 0 Å². The van der Waals surface area contributed by atoms with Gasteiger partial charge in [0.25, 0.3) is 0 Å². The molecule has 1 saturated heterocycles. The Kier molecular flexibility index (Phi) is 4.66. The molecule has 1 aromatic rings. The van der Waals surface area contributed by atoms with E-state index in [1.807, 2.05) is 0 Å². The molecule has 19 heavy (non-hydrogen) atoms. The van der Waals surface area contributed by atoms with E-state index in [1.54, 1.807) is 19.1 Å². The van der Waals surface area contributed by atoms with E-state index in [9.17, 15) is 14.3 Å². The number of aliphatic hydroxyl groups excluding tert-OH is 1. The molecule has 0 saturated carbocycles. The number of carbonyl (C=O) groups is 1. The van der Waals surface area contributed by atoms with Crippen LogP contribution >= 0.6 is 0 Å². The number of likely N-dealkylation sites (tertiary alicyclic amines) is 1. The van der Waals surface area contributed by atoms with Gasteiger partial charge in [0.05, 0.1) is 6.10 Å². The number of Topliss-reactive ketones (excluding diaryl/α,β-unsaturated/α-hetero) is 1. The van der Waals surface area contributed by atoms with E-state index in [0.29, 0.717) is 24.1 Å². The molecule has 3 nitrogen and oxygen atoms in total. The molecule has 0 unspecified atom stereocenters. The molecule has 2 rings (SSSR count). The number of ketones is 1. The second-order valence-corrected chi connectivity index (χ2v) is 5.21. The maximum Gasteiger partial charge on any atom is 0.164 e. The van der Waals surface area contributed by atoms with Crippen molar-refractivity contribution in [3.05, 3.63) is 35.1 Å². The summed E-state index contributed by atoms with van der Waals surface area (Å²) < 4.78 is 13.4. The van der Waals surface area contributed by atoms with E-state index in [1.165, 1.54) is 6.07 Å². The number of nitrogens with zero attached hydrogens (tertiary/aromatic N) is 1. The van der Waals surface area contributed by atoms with Crippen LogP contribution in [0.4, 0.5) is 4.39 Å². The van der Waals surface area contributed by atoms with Crippen LogP contribution in [0.2, 0.25) is 0 Å². The van der Waals surface area contributed by atoms with Crippen molar-refractivity contribution >= 4 is 5.78 Å². The summed E-state index contributed by atoms with van der Waals surface area (Å²) in [7, 11) is 0. The van der Waals surface area contributed by atoms with E-state index in [-0.39, 0.29) is 17.7 Å². The Labute approximate surface area is 113 Å². The second-order valence-electron chi connectivity index (χ2n) is 5.21. The smallest absolute Gasteiger partial charge is 0.164 e. The van der Waals surface area contributed by atoms with E-state index >= 15 is 0 Å². The number of hydrogen-bond donors (Lipinski definition) is 1. The summed E-state index contributed by atoms with van der Waals surface area (Å²) in [5.41, 5.74) is 1.00. The fraction of sp³-hybridized carbons (Fsp3) is 0.533. The van der Waals surface area contributed by atoms with Crippen LogP contribution in [0.25, 0.3) is 0 Å². The number of halogens is 1. The number of benzene rings is 1. The van der Waals surface area contributed by atoms with Gasteiger partial charge in [0.1, 0.15) is 5.82 Å². The Morgan fingerprint density at radius 1 is 1.42 bits per heavy atom. The van der Waals surface area contributed by atoms with Gasteiger partial charge in [-0.1, -0.05) is 12.1 Å². The van der Waals surface area contributed by atoms with Crippen molar-refractivity contribution in [3.8, 4) is 0 Å². The maximum absolute atomic E-state index is 13.4. The van der Waals surface area contributed by atoms with Crippen LogP contribution in [-0.4, -0.2) is 41.5 Å². The molecule has 1 heterocycles. The highest BCUT2D eigenvalue weighted by Gasteiger charge is 2.17. The predicted octanol–water partition coefficient (Wildman–Crippen LogP) is 2.16. The fourth-order valence-corrected chi connectivity index (χ4v) is 2.31. The highest BCUT2D eigenvalue weighted by molar-refractivity contribution is 5.96. The molecule has 1 N–H and O–H groups in total. The Morgan fingerprint density at radius 3 is 2.74 bits per heavy atom. The Balaban J connectivity index is 1.85. The van der Waals surface area contributed by atoms with Gasteiger partial charge in [-0.2, -0.15) is 0 Å². The first-order valence-electron chi connectivity index (χ1n) is 6.76. The average Bonchev–Trinajstić information content (AvgIpc) is 2.41. The van der Waals surface area contributed by atoms with Gasteiger partial charge in [0, 0.05) is 31.6 Å². The minimum Gasteiger partial charge on any atom is -0.393 e. The van der Waals surface area contributed by atoms with Gasteiger partial charge < -0.3 is 10.0 Å². The quantitative estimate of drug-likeness (QED) is 0.848. The largest absolute Gasteiger partial charge is 0.393 e. The molecule has 1 aliphatic rings. The van der Waals surface area contributed by atoms with Crippen LogP contribution in [0.1, 0.15) is 35.2 Å². The Hall–Kier alpha value is -1.26. The van der Waals surface area contributed by atoms with Gasteiger partial charge in [-0.3, -0.25) is 4.79 Å². The zero-order valence-electron chi connectivity index (χ0n) is 11.2. The molecular weight excluding hydrogens is 245 g/mol. The van der Waals surface area contributed by atoms with E-state index in [0.717, 1.165) is 25.9 Å². The number of hydrogen-bond acceptors (Lipinski definition) is 3. The lowest BCUT2D eigenvalue weighted by atomic mass is 10.0. The average molecular weight is 265 g/mol. The zero-order chi connectivity index (χ0) is 13.8. The first-order chi connectivity index (χ1) is 9.06. The summed E-state index contributed by atoms with van der Waals surface area (Å²) >= 11 is 0. The Bertz CT molecular complexity index is 453. The summed E-state index contributed by atoms with van der Waals surface area (Å²) in [6.45, 7) is 4.02. The highest BCUT2D eigenvalue weighted by atomic mass is 19.1. The molecule has 4 heteroatoms. The lowest BCUT2D eigenvalue weighted by Gasteiger charge is -2.29. The van der Waals surface area contributed by atoms with Crippen LogP contribution in [0.15, 0.2) is 18.2 Å². The molecular formula is C15H20FNO2. The van der Waals surface area contributed by atoms with Crippen molar-refractivity contribution < 1.29 is 14.3 Å². The molecule has 104 valence electrons. The van der Waals surface area contributed by atoms with Gasteiger partial charge >= 0.3 is 0 Å². The first kappa shape index (κ1) is 14.2. The number of piperidine rings is 1. The van der Waals surface area contributed by atoms with Crippen LogP contribution in [0.3, 0.4) is 0 Å². The standard InChI is InChI=1S/C15H20FNO2/c1-11-2-3-12(10-14(11)16)15(19)6-9-17-7-4-13(18)5-8-17/h2-3,10,13,18H,4-9H2,1H3. The molecule has 0 radical (unpaired) electrons. The number of carbonyl (C=O) groups excluding carboxylic acids is 1.